The molecule has 1 saturated carbocycles. The van der Waals surface area contributed by atoms with Gasteiger partial charge in [0.2, 0.25) is 0 Å². The summed E-state index contributed by atoms with van der Waals surface area (Å²) in [6, 6.07) is 0. The lowest BCUT2D eigenvalue weighted by Crippen LogP contribution is -2.57. The lowest BCUT2D eigenvalue weighted by molar-refractivity contribution is -0.191. The number of carbonyl (C=O) groups excluding carboxylic acids is 2. The largest absolute Gasteiger partial charge is 0.458 e. The summed E-state index contributed by atoms with van der Waals surface area (Å²) in [4.78, 5) is 29.0. The molecule has 1 aliphatic heterocycles. The Morgan fingerprint density at radius 2 is 1.28 bits per heavy atom. The van der Waals surface area contributed by atoms with E-state index in [9.17, 15) is 9.59 Å². The van der Waals surface area contributed by atoms with Gasteiger partial charge in [0.05, 0.1) is 5.41 Å². The molecule has 0 spiro atoms. The molecule has 1 unspecified atom stereocenters. The Morgan fingerprint density at radius 3 is 1.61 bits per heavy atom. The van der Waals surface area contributed by atoms with Crippen molar-refractivity contribution in [2.45, 2.75) is 152 Å². The Bertz CT molecular complexity index is 747. The monoisotopic (exact) mass is 507 g/mol. The molecule has 0 radical (unpaired) electrons. The van der Waals surface area contributed by atoms with Gasteiger partial charge in [-0.1, -0.05) is 95.4 Å². The molecule has 5 heteroatoms. The predicted octanol–water partition coefficient (Wildman–Crippen LogP) is 8.54. The molecular weight excluding hydrogens is 450 g/mol. The van der Waals surface area contributed by atoms with Crippen molar-refractivity contribution < 1.29 is 19.1 Å². The van der Waals surface area contributed by atoms with Gasteiger partial charge in [0.15, 0.2) is 0 Å². The number of rotatable bonds is 10. The maximum Gasteiger partial charge on any atom is 0.410 e. The molecule has 36 heavy (non-hydrogen) atoms. The van der Waals surface area contributed by atoms with Crippen molar-refractivity contribution in [3.05, 3.63) is 0 Å². The highest BCUT2D eigenvalue weighted by atomic mass is 16.6. The van der Waals surface area contributed by atoms with Crippen molar-refractivity contribution in [3.8, 4) is 0 Å². The fourth-order valence-corrected chi connectivity index (χ4v) is 6.81. The molecule has 0 aromatic carbocycles. The van der Waals surface area contributed by atoms with Crippen LogP contribution in [0, 0.1) is 21.7 Å². The number of carbonyl (C=O) groups is 2. The molecule has 1 saturated heterocycles. The maximum absolute atomic E-state index is 13.8. The van der Waals surface area contributed by atoms with E-state index in [1.54, 1.807) is 0 Å². The zero-order valence-electron chi connectivity index (χ0n) is 25.6. The second-order valence-electron chi connectivity index (χ2n) is 14.8. The second-order valence-corrected chi connectivity index (χ2v) is 14.8. The number of hydrogen-bond donors (Lipinski definition) is 0. The third-order valence-corrected chi connectivity index (χ3v) is 9.04. The number of hydrogen-bond acceptors (Lipinski definition) is 4. The minimum absolute atomic E-state index is 0.0396. The molecule has 0 N–H and O–H groups in total. The fourth-order valence-electron chi connectivity index (χ4n) is 6.81. The summed E-state index contributed by atoms with van der Waals surface area (Å²) >= 11 is 0. The Labute approximate surface area is 222 Å². The van der Waals surface area contributed by atoms with E-state index < -0.39 is 11.0 Å². The van der Waals surface area contributed by atoms with Crippen LogP contribution in [-0.2, 0) is 14.3 Å². The lowest BCUT2D eigenvalue weighted by atomic mass is 9.70. The average Bonchev–Trinajstić information content (AvgIpc) is 3.27. The SMILES string of the molecule is CCCC(CCC)(CCC)OC(=O)N1CCC(OC(=O)C2(CC(C)(C)C)CC2(C)C)(C(C)(C)C)CC1. The number of likely N-dealkylation sites (tertiary alicyclic amines) is 1. The van der Waals surface area contributed by atoms with Crippen LogP contribution in [0.3, 0.4) is 0 Å². The van der Waals surface area contributed by atoms with Gasteiger partial charge >= 0.3 is 12.1 Å². The van der Waals surface area contributed by atoms with Crippen LogP contribution in [0.15, 0.2) is 0 Å². The summed E-state index contributed by atoms with van der Waals surface area (Å²) in [7, 11) is 0. The smallest absolute Gasteiger partial charge is 0.410 e. The number of amides is 1. The molecule has 1 heterocycles. The van der Waals surface area contributed by atoms with Gasteiger partial charge in [0.25, 0.3) is 0 Å². The summed E-state index contributed by atoms with van der Waals surface area (Å²) in [6.45, 7) is 25.1. The van der Waals surface area contributed by atoms with Crippen LogP contribution in [0.2, 0.25) is 0 Å². The van der Waals surface area contributed by atoms with Crippen LogP contribution in [-0.4, -0.2) is 41.3 Å². The Kier molecular flexibility index (Phi) is 9.33. The molecular formula is C31H57NO4. The van der Waals surface area contributed by atoms with Gasteiger partial charge < -0.3 is 14.4 Å². The molecule has 1 aliphatic carbocycles. The highest BCUT2D eigenvalue weighted by molar-refractivity contribution is 5.82. The Balaban J connectivity index is 2.18. The van der Waals surface area contributed by atoms with Gasteiger partial charge in [-0.15, -0.1) is 0 Å². The number of esters is 1. The predicted molar refractivity (Wildman–Crippen MR) is 148 cm³/mol. The van der Waals surface area contributed by atoms with Crippen molar-refractivity contribution in [1.29, 1.82) is 0 Å². The second kappa shape index (κ2) is 10.8. The molecule has 2 fully saturated rings. The maximum atomic E-state index is 13.8. The fraction of sp³-hybridized carbons (Fsp3) is 0.935. The highest BCUT2D eigenvalue weighted by Gasteiger charge is 2.69. The number of ether oxygens (including phenoxy) is 2. The third kappa shape index (κ3) is 6.59. The molecule has 0 bridgehead atoms. The minimum atomic E-state index is -0.586. The normalized spacial score (nSPS) is 23.8. The van der Waals surface area contributed by atoms with Gasteiger partial charge in [-0.2, -0.15) is 0 Å². The first-order chi connectivity index (χ1) is 16.4. The summed E-state index contributed by atoms with van der Waals surface area (Å²) in [5.41, 5.74) is -1.58. The summed E-state index contributed by atoms with van der Waals surface area (Å²) in [5, 5.41) is 0. The van der Waals surface area contributed by atoms with Gasteiger partial charge in [-0.3, -0.25) is 4.79 Å². The van der Waals surface area contributed by atoms with Gasteiger partial charge in [0.1, 0.15) is 11.2 Å². The van der Waals surface area contributed by atoms with Crippen LogP contribution < -0.4 is 0 Å². The topological polar surface area (TPSA) is 55.8 Å². The summed E-state index contributed by atoms with van der Waals surface area (Å²) in [6.07, 6.45) is 8.52. The molecule has 1 amide bonds. The average molecular weight is 508 g/mol. The first kappa shape index (κ1) is 31.0. The van der Waals surface area contributed by atoms with E-state index in [0.29, 0.717) is 25.9 Å². The van der Waals surface area contributed by atoms with Crippen LogP contribution in [0.1, 0.15) is 140 Å². The molecule has 2 rings (SSSR count). The van der Waals surface area contributed by atoms with Gasteiger partial charge in [0, 0.05) is 31.3 Å². The molecule has 210 valence electrons. The van der Waals surface area contributed by atoms with Crippen molar-refractivity contribution in [2.24, 2.45) is 21.7 Å². The van der Waals surface area contributed by atoms with Gasteiger partial charge in [-0.25, -0.2) is 4.79 Å². The molecule has 0 aromatic heterocycles. The first-order valence-corrected chi connectivity index (χ1v) is 14.6. The van der Waals surface area contributed by atoms with Crippen LogP contribution in [0.25, 0.3) is 0 Å². The zero-order valence-corrected chi connectivity index (χ0v) is 25.6. The van der Waals surface area contributed by atoms with Crippen molar-refractivity contribution in [3.63, 3.8) is 0 Å². The van der Waals surface area contributed by atoms with Crippen molar-refractivity contribution in [2.75, 3.05) is 13.1 Å². The van der Waals surface area contributed by atoms with E-state index in [1.807, 2.05) is 4.90 Å². The van der Waals surface area contributed by atoms with Crippen molar-refractivity contribution in [1.82, 2.24) is 4.90 Å². The van der Waals surface area contributed by atoms with E-state index in [1.165, 1.54) is 0 Å². The molecule has 5 nitrogen and oxygen atoms in total. The highest BCUT2D eigenvalue weighted by Crippen LogP contribution is 2.69. The quantitative estimate of drug-likeness (QED) is 0.278. The standard InChI is InChI=1S/C31H57NO4/c1-12-15-29(16-13-2,17-14-3)36-25(34)32-20-18-31(19-21-32,27(7,8)9)35-24(33)30(22-26(4,5)6)23-28(30,10)11/h12-23H2,1-11H3. The van der Waals surface area contributed by atoms with E-state index in [2.05, 4.69) is 76.2 Å². The van der Waals surface area contributed by atoms with Crippen molar-refractivity contribution >= 4 is 12.1 Å². The Morgan fingerprint density at radius 1 is 0.833 bits per heavy atom. The first-order valence-electron chi connectivity index (χ1n) is 14.6. The van der Waals surface area contributed by atoms with E-state index in [0.717, 1.165) is 51.4 Å². The Hall–Kier alpha value is -1.26. The summed E-state index contributed by atoms with van der Waals surface area (Å²) < 4.78 is 12.8. The van der Waals surface area contributed by atoms with Gasteiger partial charge in [-0.05, 0) is 42.9 Å². The molecule has 0 aromatic rings. The van der Waals surface area contributed by atoms with E-state index in [-0.39, 0.29) is 33.9 Å². The van der Waals surface area contributed by atoms with E-state index in [4.69, 9.17) is 9.47 Å². The van der Waals surface area contributed by atoms with E-state index >= 15 is 0 Å². The zero-order chi connectivity index (χ0) is 27.6. The molecule has 1 atom stereocenters. The summed E-state index contributed by atoms with van der Waals surface area (Å²) in [5.74, 6) is -0.0405. The van der Waals surface area contributed by atoms with Crippen LogP contribution >= 0.6 is 0 Å². The third-order valence-electron chi connectivity index (χ3n) is 9.04. The van der Waals surface area contributed by atoms with Crippen LogP contribution in [0.4, 0.5) is 4.79 Å². The number of nitrogens with zero attached hydrogens (tertiary/aromatic N) is 1. The lowest BCUT2D eigenvalue weighted by Gasteiger charge is -2.49. The van der Waals surface area contributed by atoms with Crippen LogP contribution in [0.5, 0.6) is 0 Å². The number of piperidine rings is 1. The minimum Gasteiger partial charge on any atom is -0.458 e. The molecule has 2 aliphatic rings.